The maximum atomic E-state index is 10.6. The summed E-state index contributed by atoms with van der Waals surface area (Å²) in [6.45, 7) is 1.58. The molecule has 0 bridgehead atoms. The van der Waals surface area contributed by atoms with E-state index in [0.717, 1.165) is 0 Å². The molecule has 0 unspecified atom stereocenters. The van der Waals surface area contributed by atoms with Gasteiger partial charge in [-0.3, -0.25) is 9.87 Å². The standard InChI is InChI=1S/C6H11NO5S/c1-3-2-4(13(10,11)12)7-5(3)6(8)9/h3-5,7H,2H2,1H3,(H,8,9)(H,10,11,12)/p-1/t3-,4+,5-/m1/s1. The Morgan fingerprint density at radius 2 is 2.15 bits per heavy atom. The zero-order valence-electron chi connectivity index (χ0n) is 6.93. The van der Waals surface area contributed by atoms with E-state index < -0.39 is 27.5 Å². The van der Waals surface area contributed by atoms with E-state index in [-0.39, 0.29) is 12.3 Å². The van der Waals surface area contributed by atoms with Crippen LogP contribution in [0.25, 0.3) is 0 Å². The molecule has 2 N–H and O–H groups in total. The van der Waals surface area contributed by atoms with Gasteiger partial charge in [-0.1, -0.05) is 6.92 Å². The van der Waals surface area contributed by atoms with E-state index in [1.165, 1.54) is 0 Å². The number of carbonyl (C=O) groups excluding carboxylic acids is 1. The molecule has 1 aliphatic heterocycles. The Kier molecular flexibility index (Phi) is 2.60. The molecule has 1 heterocycles. The van der Waals surface area contributed by atoms with Gasteiger partial charge >= 0.3 is 0 Å². The summed E-state index contributed by atoms with van der Waals surface area (Å²) in [4.78, 5) is 10.4. The molecule has 0 aromatic rings. The number of carboxylic acids is 1. The second-order valence-electron chi connectivity index (χ2n) is 3.18. The second-order valence-corrected chi connectivity index (χ2v) is 4.78. The molecule has 13 heavy (non-hydrogen) atoms. The Labute approximate surface area is 75.7 Å². The number of carbonyl (C=O) groups is 1. The zero-order valence-corrected chi connectivity index (χ0v) is 7.74. The summed E-state index contributed by atoms with van der Waals surface area (Å²) in [5.74, 6) is -1.71. The van der Waals surface area contributed by atoms with Crippen molar-refractivity contribution in [3.05, 3.63) is 0 Å². The van der Waals surface area contributed by atoms with Crippen LogP contribution in [0.15, 0.2) is 0 Å². The average molecular weight is 208 g/mol. The van der Waals surface area contributed by atoms with Gasteiger partial charge in [-0.25, -0.2) is 0 Å². The van der Waals surface area contributed by atoms with Crippen LogP contribution in [-0.2, 0) is 14.9 Å². The molecular formula is C6H10NO5S-. The molecule has 1 fully saturated rings. The van der Waals surface area contributed by atoms with Crippen molar-refractivity contribution in [2.45, 2.75) is 24.8 Å². The predicted molar refractivity (Wildman–Crippen MR) is 41.0 cm³/mol. The summed E-state index contributed by atoms with van der Waals surface area (Å²) < 4.78 is 29.9. The number of rotatable bonds is 2. The van der Waals surface area contributed by atoms with E-state index in [1.807, 2.05) is 0 Å². The van der Waals surface area contributed by atoms with Crippen molar-refractivity contribution in [2.75, 3.05) is 0 Å². The zero-order chi connectivity index (χ0) is 10.2. The summed E-state index contributed by atoms with van der Waals surface area (Å²) in [5, 5.41) is 11.5. The highest BCUT2D eigenvalue weighted by molar-refractivity contribution is 7.86. The fourth-order valence-corrected chi connectivity index (χ4v) is 2.28. The fourth-order valence-electron chi connectivity index (χ4n) is 1.41. The Bertz CT molecular complexity index is 311. The van der Waals surface area contributed by atoms with Crippen molar-refractivity contribution in [3.63, 3.8) is 0 Å². The highest BCUT2D eigenvalue weighted by Gasteiger charge is 2.37. The van der Waals surface area contributed by atoms with Crippen LogP contribution in [0, 0.1) is 5.92 Å². The maximum Gasteiger partial charge on any atom is 0.281 e. The molecule has 0 amide bonds. The first-order valence-corrected chi connectivity index (χ1v) is 5.26. The minimum absolute atomic E-state index is 0.0808. The summed E-state index contributed by atoms with van der Waals surface area (Å²) >= 11 is 0. The summed E-state index contributed by atoms with van der Waals surface area (Å²) in [7, 11) is -4.20. The number of nitrogens with one attached hydrogen (secondary N) is 1. The summed E-state index contributed by atoms with van der Waals surface area (Å²) in [6.07, 6.45) is 0.0808. The number of hydrogen-bond acceptors (Lipinski definition) is 5. The van der Waals surface area contributed by atoms with Gasteiger partial charge in [-0.2, -0.15) is 8.42 Å². The lowest BCUT2D eigenvalue weighted by Crippen LogP contribution is -2.47. The number of aliphatic carboxylic acids is 1. The smallest absolute Gasteiger partial charge is 0.281 e. The Morgan fingerprint density at radius 1 is 1.62 bits per heavy atom. The lowest BCUT2D eigenvalue weighted by molar-refractivity contribution is -0.309. The van der Waals surface area contributed by atoms with Gasteiger partial charge in [-0.15, -0.1) is 0 Å². The van der Waals surface area contributed by atoms with Gasteiger partial charge in [0.05, 0.1) is 12.0 Å². The van der Waals surface area contributed by atoms with Crippen molar-refractivity contribution in [1.29, 1.82) is 0 Å². The van der Waals surface area contributed by atoms with E-state index in [4.69, 9.17) is 4.55 Å². The highest BCUT2D eigenvalue weighted by Crippen LogP contribution is 2.22. The largest absolute Gasteiger partial charge is 0.548 e. The van der Waals surface area contributed by atoms with E-state index in [1.54, 1.807) is 6.92 Å². The molecule has 0 radical (unpaired) electrons. The minimum atomic E-state index is -4.20. The molecule has 0 aromatic carbocycles. The van der Waals surface area contributed by atoms with E-state index in [2.05, 4.69) is 5.32 Å². The third-order valence-corrected chi connectivity index (χ3v) is 3.18. The summed E-state index contributed by atoms with van der Waals surface area (Å²) in [6, 6.07) is -1.01. The van der Waals surface area contributed by atoms with E-state index >= 15 is 0 Å². The van der Waals surface area contributed by atoms with Gasteiger partial charge in [-0.05, 0) is 12.3 Å². The molecule has 3 atom stereocenters. The monoisotopic (exact) mass is 208 g/mol. The number of carboxylic acid groups (broad SMARTS) is 1. The van der Waals surface area contributed by atoms with E-state index in [9.17, 15) is 18.3 Å². The van der Waals surface area contributed by atoms with Gasteiger partial charge < -0.3 is 9.90 Å². The minimum Gasteiger partial charge on any atom is -0.548 e. The van der Waals surface area contributed by atoms with E-state index in [0.29, 0.717) is 0 Å². The van der Waals surface area contributed by atoms with Gasteiger partial charge in [0, 0.05) is 0 Å². The predicted octanol–water partition coefficient (Wildman–Crippen LogP) is -2.05. The molecule has 6 nitrogen and oxygen atoms in total. The van der Waals surface area contributed by atoms with Crippen molar-refractivity contribution in [2.24, 2.45) is 5.92 Å². The molecule has 1 aliphatic rings. The Hall–Kier alpha value is -0.660. The lowest BCUT2D eigenvalue weighted by Gasteiger charge is -2.16. The molecule has 1 saturated heterocycles. The topological polar surface area (TPSA) is 107 Å². The second kappa shape index (κ2) is 3.24. The first-order valence-electron chi connectivity index (χ1n) is 3.75. The Morgan fingerprint density at radius 3 is 2.38 bits per heavy atom. The van der Waals surface area contributed by atoms with Crippen molar-refractivity contribution < 1.29 is 22.9 Å². The molecule has 0 aliphatic carbocycles. The summed E-state index contributed by atoms with van der Waals surface area (Å²) in [5.41, 5.74) is 0. The normalized spacial score (nSPS) is 34.8. The van der Waals surface area contributed by atoms with Gasteiger partial charge in [0.2, 0.25) is 0 Å². The van der Waals surface area contributed by atoms with Crippen molar-refractivity contribution >= 4 is 16.1 Å². The van der Waals surface area contributed by atoms with Crippen LogP contribution in [0.1, 0.15) is 13.3 Å². The first kappa shape index (κ1) is 10.4. The van der Waals surface area contributed by atoms with Crippen LogP contribution >= 0.6 is 0 Å². The maximum absolute atomic E-state index is 10.6. The van der Waals surface area contributed by atoms with Crippen molar-refractivity contribution in [3.8, 4) is 0 Å². The van der Waals surface area contributed by atoms with Crippen LogP contribution in [0.3, 0.4) is 0 Å². The first-order chi connectivity index (χ1) is 5.82. The van der Waals surface area contributed by atoms with Crippen LogP contribution in [-0.4, -0.2) is 30.4 Å². The Balaban J connectivity index is 2.77. The fraction of sp³-hybridized carbons (Fsp3) is 0.833. The van der Waals surface area contributed by atoms with Crippen LogP contribution in [0.4, 0.5) is 0 Å². The molecule has 0 spiro atoms. The van der Waals surface area contributed by atoms with Crippen LogP contribution in [0.5, 0.6) is 0 Å². The number of hydrogen-bond donors (Lipinski definition) is 2. The van der Waals surface area contributed by atoms with Crippen molar-refractivity contribution in [1.82, 2.24) is 5.32 Å². The lowest BCUT2D eigenvalue weighted by atomic mass is 10.0. The van der Waals surface area contributed by atoms with Crippen LogP contribution in [0.2, 0.25) is 0 Å². The molecule has 0 saturated carbocycles. The van der Waals surface area contributed by atoms with Gasteiger partial charge in [0.15, 0.2) is 0 Å². The third-order valence-electron chi connectivity index (χ3n) is 2.13. The molecule has 1 rings (SSSR count). The molecular weight excluding hydrogens is 198 g/mol. The van der Waals surface area contributed by atoms with Gasteiger partial charge in [0.1, 0.15) is 5.37 Å². The quantitative estimate of drug-likeness (QED) is 0.506. The molecule has 0 aromatic heterocycles. The average Bonchev–Trinajstić information content (AvgIpc) is 2.29. The molecule has 76 valence electrons. The highest BCUT2D eigenvalue weighted by atomic mass is 32.2. The van der Waals surface area contributed by atoms with Gasteiger partial charge in [0.25, 0.3) is 10.1 Å². The SMILES string of the molecule is C[C@@H]1C[C@H](S(=O)(=O)O)N[C@H]1C(=O)[O-]. The molecule has 7 heteroatoms. The van der Waals surface area contributed by atoms with Crippen LogP contribution < -0.4 is 10.4 Å². The third kappa shape index (κ3) is 2.17.